The van der Waals surface area contributed by atoms with E-state index in [0.29, 0.717) is 5.69 Å². The Labute approximate surface area is 117 Å². The van der Waals surface area contributed by atoms with E-state index in [1.54, 1.807) is 32.6 Å². The predicted molar refractivity (Wildman–Crippen MR) is 73.2 cm³/mol. The number of carbonyl (C=O) groups excluding carboxylic acids is 1. The molecule has 2 aromatic rings. The summed E-state index contributed by atoms with van der Waals surface area (Å²) in [4.78, 5) is 11.9. The number of ether oxygens (including phenoxy) is 2. The highest BCUT2D eigenvalue weighted by Crippen LogP contribution is 2.17. The first-order chi connectivity index (χ1) is 9.52. The Kier molecular flexibility index (Phi) is 4.02. The summed E-state index contributed by atoms with van der Waals surface area (Å²) in [5, 5.41) is 7.89. The summed E-state index contributed by atoms with van der Waals surface area (Å²) in [6.07, 6.45) is -0.187. The number of aromatic nitrogens is 3. The molecule has 0 saturated heterocycles. The number of esters is 1. The predicted octanol–water partition coefficient (Wildman–Crippen LogP) is 2.15. The first-order valence-electron chi connectivity index (χ1n) is 6.30. The number of nitrogens with zero attached hydrogens (tertiary/aromatic N) is 3. The van der Waals surface area contributed by atoms with Crippen LogP contribution in [-0.2, 0) is 4.74 Å². The minimum atomic E-state index is -0.461. The number of methoxy groups -OCH3 is 1. The van der Waals surface area contributed by atoms with E-state index in [1.165, 1.54) is 0 Å². The highest BCUT2D eigenvalue weighted by Gasteiger charge is 2.19. The van der Waals surface area contributed by atoms with Crippen molar-refractivity contribution in [1.29, 1.82) is 0 Å². The third-order valence-corrected chi connectivity index (χ3v) is 2.75. The van der Waals surface area contributed by atoms with Gasteiger partial charge in [-0.05, 0) is 45.0 Å². The normalized spacial score (nSPS) is 10.7. The van der Waals surface area contributed by atoms with Gasteiger partial charge in [0.15, 0.2) is 5.69 Å². The second kappa shape index (κ2) is 5.73. The monoisotopic (exact) mass is 275 g/mol. The Morgan fingerprint density at radius 3 is 2.45 bits per heavy atom. The lowest BCUT2D eigenvalue weighted by Gasteiger charge is -2.07. The summed E-state index contributed by atoms with van der Waals surface area (Å²) in [5.41, 5.74) is 1.68. The lowest BCUT2D eigenvalue weighted by atomic mass is 10.3. The minimum Gasteiger partial charge on any atom is -0.497 e. The molecule has 2 rings (SSSR count). The molecule has 1 aromatic heterocycles. The maximum atomic E-state index is 11.9. The Morgan fingerprint density at radius 1 is 1.25 bits per heavy atom. The second-order valence-electron chi connectivity index (χ2n) is 4.59. The summed E-state index contributed by atoms with van der Waals surface area (Å²) in [6, 6.07) is 7.33. The molecule has 0 atom stereocenters. The van der Waals surface area contributed by atoms with Crippen LogP contribution >= 0.6 is 0 Å². The van der Waals surface area contributed by atoms with E-state index in [4.69, 9.17) is 9.47 Å². The van der Waals surface area contributed by atoms with Gasteiger partial charge in [0, 0.05) is 0 Å². The summed E-state index contributed by atoms with van der Waals surface area (Å²) in [6.45, 7) is 5.36. The summed E-state index contributed by atoms with van der Waals surface area (Å²) >= 11 is 0. The summed E-state index contributed by atoms with van der Waals surface area (Å²) in [5.74, 6) is 0.295. The molecule has 0 amide bonds. The highest BCUT2D eigenvalue weighted by atomic mass is 16.5. The van der Waals surface area contributed by atoms with Gasteiger partial charge in [-0.3, -0.25) is 0 Å². The highest BCUT2D eigenvalue weighted by molar-refractivity contribution is 5.88. The Bertz CT molecular complexity index is 603. The van der Waals surface area contributed by atoms with E-state index in [1.807, 2.05) is 24.3 Å². The molecule has 0 fully saturated rings. The molecule has 1 aromatic carbocycles. The number of carbonyl (C=O) groups is 1. The van der Waals surface area contributed by atoms with Gasteiger partial charge in [0.25, 0.3) is 0 Å². The van der Waals surface area contributed by atoms with Crippen LogP contribution < -0.4 is 4.74 Å². The number of hydrogen-bond acceptors (Lipinski definition) is 5. The van der Waals surface area contributed by atoms with Crippen molar-refractivity contribution in [3.63, 3.8) is 0 Å². The van der Waals surface area contributed by atoms with Crippen molar-refractivity contribution in [3.8, 4) is 11.4 Å². The number of hydrogen-bond donors (Lipinski definition) is 0. The molecule has 0 unspecified atom stereocenters. The van der Waals surface area contributed by atoms with Crippen LogP contribution in [0.25, 0.3) is 5.69 Å². The number of rotatable bonds is 4. The van der Waals surface area contributed by atoms with Crippen LogP contribution in [0.15, 0.2) is 24.3 Å². The molecule has 0 spiro atoms. The lowest BCUT2D eigenvalue weighted by Crippen LogP contribution is -2.13. The Balaban J connectivity index is 2.30. The molecule has 6 heteroatoms. The van der Waals surface area contributed by atoms with Crippen molar-refractivity contribution >= 4 is 5.97 Å². The van der Waals surface area contributed by atoms with E-state index in [9.17, 15) is 4.79 Å². The van der Waals surface area contributed by atoms with Gasteiger partial charge >= 0.3 is 5.97 Å². The second-order valence-corrected chi connectivity index (χ2v) is 4.59. The zero-order valence-corrected chi connectivity index (χ0v) is 12.0. The van der Waals surface area contributed by atoms with Gasteiger partial charge < -0.3 is 9.47 Å². The zero-order valence-electron chi connectivity index (χ0n) is 12.0. The third-order valence-electron chi connectivity index (χ3n) is 2.75. The average Bonchev–Trinajstić information content (AvgIpc) is 2.80. The van der Waals surface area contributed by atoms with Gasteiger partial charge in [0.05, 0.1) is 24.6 Å². The van der Waals surface area contributed by atoms with Crippen LogP contribution in [0.2, 0.25) is 0 Å². The van der Waals surface area contributed by atoms with Crippen molar-refractivity contribution in [1.82, 2.24) is 15.0 Å². The third kappa shape index (κ3) is 2.79. The fourth-order valence-corrected chi connectivity index (χ4v) is 1.76. The molecular weight excluding hydrogens is 258 g/mol. The van der Waals surface area contributed by atoms with E-state index in [-0.39, 0.29) is 11.8 Å². The van der Waals surface area contributed by atoms with Crippen LogP contribution in [0.4, 0.5) is 0 Å². The van der Waals surface area contributed by atoms with Crippen molar-refractivity contribution in [2.75, 3.05) is 7.11 Å². The topological polar surface area (TPSA) is 66.2 Å². The van der Waals surface area contributed by atoms with Gasteiger partial charge in [-0.2, -0.15) is 0 Å². The molecule has 0 aliphatic carbocycles. The fourth-order valence-electron chi connectivity index (χ4n) is 1.76. The number of benzene rings is 1. The van der Waals surface area contributed by atoms with E-state index in [2.05, 4.69) is 10.3 Å². The van der Waals surface area contributed by atoms with Crippen LogP contribution in [-0.4, -0.2) is 34.2 Å². The van der Waals surface area contributed by atoms with Crippen LogP contribution in [0.3, 0.4) is 0 Å². The SMILES string of the molecule is COc1ccc(-n2nnc(C(=O)OC(C)C)c2C)cc1. The van der Waals surface area contributed by atoms with E-state index < -0.39 is 5.97 Å². The van der Waals surface area contributed by atoms with Gasteiger partial charge in [-0.15, -0.1) is 5.10 Å². The fraction of sp³-hybridized carbons (Fsp3) is 0.357. The van der Waals surface area contributed by atoms with Crippen LogP contribution in [0.5, 0.6) is 5.75 Å². The van der Waals surface area contributed by atoms with Gasteiger partial charge in [0.2, 0.25) is 0 Å². The van der Waals surface area contributed by atoms with Crippen LogP contribution in [0, 0.1) is 6.92 Å². The molecule has 6 nitrogen and oxygen atoms in total. The molecule has 0 bridgehead atoms. The molecule has 0 radical (unpaired) electrons. The largest absolute Gasteiger partial charge is 0.497 e. The zero-order chi connectivity index (χ0) is 14.7. The van der Waals surface area contributed by atoms with Crippen molar-refractivity contribution in [2.45, 2.75) is 26.9 Å². The van der Waals surface area contributed by atoms with Crippen LogP contribution in [0.1, 0.15) is 30.0 Å². The molecule has 0 saturated carbocycles. The standard InChI is InChI=1S/C14H17N3O3/c1-9(2)20-14(18)13-10(3)17(16-15-13)11-5-7-12(19-4)8-6-11/h5-9H,1-4H3. The Hall–Kier alpha value is -2.37. The van der Waals surface area contributed by atoms with Gasteiger partial charge in [-0.1, -0.05) is 5.21 Å². The molecule has 0 N–H and O–H groups in total. The van der Waals surface area contributed by atoms with Gasteiger partial charge in [-0.25, -0.2) is 9.48 Å². The van der Waals surface area contributed by atoms with Gasteiger partial charge in [0.1, 0.15) is 5.75 Å². The first-order valence-corrected chi connectivity index (χ1v) is 6.30. The maximum Gasteiger partial charge on any atom is 0.361 e. The summed E-state index contributed by atoms with van der Waals surface area (Å²) in [7, 11) is 1.61. The molecular formula is C14H17N3O3. The van der Waals surface area contributed by atoms with Crippen molar-refractivity contribution in [3.05, 3.63) is 35.7 Å². The van der Waals surface area contributed by atoms with E-state index >= 15 is 0 Å². The smallest absolute Gasteiger partial charge is 0.361 e. The molecule has 1 heterocycles. The van der Waals surface area contributed by atoms with E-state index in [0.717, 1.165) is 11.4 Å². The van der Waals surface area contributed by atoms with Crippen molar-refractivity contribution in [2.24, 2.45) is 0 Å². The molecule has 106 valence electrons. The first kappa shape index (κ1) is 14.0. The molecule has 20 heavy (non-hydrogen) atoms. The quantitative estimate of drug-likeness (QED) is 0.800. The minimum absolute atomic E-state index is 0.187. The molecule has 0 aliphatic rings. The average molecular weight is 275 g/mol. The summed E-state index contributed by atoms with van der Waals surface area (Å²) < 4.78 is 11.8. The maximum absolute atomic E-state index is 11.9. The van der Waals surface area contributed by atoms with Crippen molar-refractivity contribution < 1.29 is 14.3 Å². The Morgan fingerprint density at radius 2 is 1.90 bits per heavy atom. The molecule has 0 aliphatic heterocycles. The lowest BCUT2D eigenvalue weighted by molar-refractivity contribution is 0.0370.